The molecule has 0 spiro atoms. The number of nitrogens with one attached hydrogen (secondary N) is 1. The molecular formula is C13H22N2O3S2. The number of nitrogens with two attached hydrogens (primary N) is 1. The van der Waals surface area contributed by atoms with Crippen LogP contribution in [0, 0.1) is 20.8 Å². The van der Waals surface area contributed by atoms with Crippen LogP contribution >= 0.6 is 0 Å². The molecule has 114 valence electrons. The highest BCUT2D eigenvalue weighted by atomic mass is 32.2. The molecule has 0 fully saturated rings. The number of hydrogen-bond donors (Lipinski definition) is 2. The normalized spacial score (nSPS) is 15.1. The van der Waals surface area contributed by atoms with Crippen molar-refractivity contribution in [2.45, 2.75) is 38.6 Å². The summed E-state index contributed by atoms with van der Waals surface area (Å²) in [7, 11) is -4.73. The largest absolute Gasteiger partial charge is 0.398 e. The van der Waals surface area contributed by atoms with Crippen molar-refractivity contribution in [3.8, 4) is 0 Å². The van der Waals surface area contributed by atoms with Gasteiger partial charge in [0.15, 0.2) is 0 Å². The van der Waals surface area contributed by atoms with Crippen LogP contribution in [-0.2, 0) is 20.8 Å². The van der Waals surface area contributed by atoms with Gasteiger partial charge >= 0.3 is 0 Å². The molecule has 2 atom stereocenters. The van der Waals surface area contributed by atoms with E-state index in [1.54, 1.807) is 33.1 Å². The lowest BCUT2D eigenvalue weighted by molar-refractivity contribution is 0.569. The summed E-state index contributed by atoms with van der Waals surface area (Å²) in [5.41, 5.74) is 8.48. The van der Waals surface area contributed by atoms with Gasteiger partial charge in [-0.3, -0.25) is 4.21 Å². The first-order valence-corrected chi connectivity index (χ1v) is 9.46. The SMILES string of the molecule is Cc1cc(C)c(S(=O)(=O)NC(C)CS(C)=O)c(C)c1N. The van der Waals surface area contributed by atoms with Gasteiger partial charge in [0.05, 0.1) is 4.90 Å². The Morgan fingerprint density at radius 1 is 1.30 bits per heavy atom. The van der Waals surface area contributed by atoms with Gasteiger partial charge in [-0.25, -0.2) is 13.1 Å². The maximum Gasteiger partial charge on any atom is 0.241 e. The van der Waals surface area contributed by atoms with Gasteiger partial charge in [-0.2, -0.15) is 0 Å². The van der Waals surface area contributed by atoms with Crippen molar-refractivity contribution < 1.29 is 12.6 Å². The van der Waals surface area contributed by atoms with Gasteiger partial charge in [0.2, 0.25) is 10.0 Å². The van der Waals surface area contributed by atoms with Gasteiger partial charge in [-0.05, 0) is 44.4 Å². The molecule has 1 aromatic carbocycles. The van der Waals surface area contributed by atoms with E-state index in [2.05, 4.69) is 4.72 Å². The monoisotopic (exact) mass is 318 g/mol. The maximum absolute atomic E-state index is 12.5. The summed E-state index contributed by atoms with van der Waals surface area (Å²) in [6.07, 6.45) is 1.55. The van der Waals surface area contributed by atoms with Crippen LogP contribution in [0.5, 0.6) is 0 Å². The van der Waals surface area contributed by atoms with E-state index < -0.39 is 26.9 Å². The molecule has 7 heteroatoms. The standard InChI is InChI=1S/C13H22N2O3S2/c1-8-6-9(2)13(11(4)12(8)14)20(17,18)15-10(3)7-19(5)16/h6,10,15H,7,14H2,1-5H3. The average Bonchev–Trinajstić information content (AvgIpc) is 2.23. The Kier molecular flexibility index (Phi) is 5.34. The molecule has 0 saturated carbocycles. The molecule has 1 aromatic rings. The molecule has 1 rings (SSSR count). The quantitative estimate of drug-likeness (QED) is 0.799. The number of nitrogen functional groups attached to an aromatic ring is 1. The zero-order valence-corrected chi connectivity index (χ0v) is 14.1. The van der Waals surface area contributed by atoms with Crippen molar-refractivity contribution in [2.75, 3.05) is 17.7 Å². The lowest BCUT2D eigenvalue weighted by atomic mass is 10.1. The van der Waals surface area contributed by atoms with Gasteiger partial charge in [-0.15, -0.1) is 0 Å². The van der Waals surface area contributed by atoms with E-state index in [4.69, 9.17) is 5.73 Å². The second-order valence-corrected chi connectivity index (χ2v) is 8.27. The molecule has 0 bridgehead atoms. The Morgan fingerprint density at radius 2 is 1.85 bits per heavy atom. The topological polar surface area (TPSA) is 89.3 Å². The van der Waals surface area contributed by atoms with E-state index in [0.717, 1.165) is 5.56 Å². The molecule has 0 aliphatic heterocycles. The minimum atomic E-state index is -3.67. The van der Waals surface area contributed by atoms with Crippen LogP contribution in [0.3, 0.4) is 0 Å². The minimum Gasteiger partial charge on any atom is -0.398 e. The Balaban J connectivity index is 3.23. The zero-order valence-electron chi connectivity index (χ0n) is 12.5. The van der Waals surface area contributed by atoms with Gasteiger partial charge in [0.25, 0.3) is 0 Å². The molecule has 3 N–H and O–H groups in total. The van der Waals surface area contributed by atoms with E-state index in [-0.39, 0.29) is 10.6 Å². The van der Waals surface area contributed by atoms with E-state index in [9.17, 15) is 12.6 Å². The molecule has 0 radical (unpaired) electrons. The second-order valence-electron chi connectivity index (χ2n) is 5.14. The molecule has 2 unspecified atom stereocenters. The molecule has 0 aromatic heterocycles. The van der Waals surface area contributed by atoms with Crippen LogP contribution < -0.4 is 10.5 Å². The average molecular weight is 318 g/mol. The van der Waals surface area contributed by atoms with E-state index in [1.807, 2.05) is 6.92 Å². The summed E-state index contributed by atoms with van der Waals surface area (Å²) in [5.74, 6) is 0.276. The van der Waals surface area contributed by atoms with Gasteiger partial charge in [0.1, 0.15) is 0 Å². The number of aryl methyl sites for hydroxylation is 2. The third kappa shape index (κ3) is 3.80. The highest BCUT2D eigenvalue weighted by molar-refractivity contribution is 7.89. The lowest BCUT2D eigenvalue weighted by Crippen LogP contribution is -2.37. The smallest absolute Gasteiger partial charge is 0.241 e. The Hall–Kier alpha value is -0.920. The molecule has 0 heterocycles. The maximum atomic E-state index is 12.5. The third-order valence-corrected chi connectivity index (χ3v) is 5.92. The number of benzene rings is 1. The van der Waals surface area contributed by atoms with Crippen LogP contribution in [0.25, 0.3) is 0 Å². The van der Waals surface area contributed by atoms with Gasteiger partial charge in [0, 0.05) is 34.5 Å². The first kappa shape index (κ1) is 17.1. The first-order chi connectivity index (χ1) is 9.06. The van der Waals surface area contributed by atoms with E-state index >= 15 is 0 Å². The van der Waals surface area contributed by atoms with Gasteiger partial charge < -0.3 is 5.73 Å². The summed E-state index contributed by atoms with van der Waals surface area (Å²) in [5, 5.41) is 0. The first-order valence-electron chi connectivity index (χ1n) is 6.25. The number of hydrogen-bond acceptors (Lipinski definition) is 4. The zero-order chi connectivity index (χ0) is 15.7. The molecule has 0 saturated heterocycles. The van der Waals surface area contributed by atoms with Crippen molar-refractivity contribution >= 4 is 26.5 Å². The van der Waals surface area contributed by atoms with E-state index in [0.29, 0.717) is 16.8 Å². The van der Waals surface area contributed by atoms with Crippen LogP contribution in [-0.4, -0.2) is 30.7 Å². The van der Waals surface area contributed by atoms with Crippen LogP contribution in [0.4, 0.5) is 5.69 Å². The van der Waals surface area contributed by atoms with Crippen LogP contribution in [0.15, 0.2) is 11.0 Å². The third-order valence-electron chi connectivity index (χ3n) is 3.07. The van der Waals surface area contributed by atoms with Crippen molar-refractivity contribution in [2.24, 2.45) is 0 Å². The Labute approximate surface area is 123 Å². The summed E-state index contributed by atoms with van der Waals surface area (Å²) in [6, 6.07) is 1.37. The molecule has 5 nitrogen and oxygen atoms in total. The number of anilines is 1. The highest BCUT2D eigenvalue weighted by Gasteiger charge is 2.24. The van der Waals surface area contributed by atoms with Crippen molar-refractivity contribution in [1.29, 1.82) is 0 Å². The summed E-state index contributed by atoms with van der Waals surface area (Å²) in [4.78, 5) is 0.217. The highest BCUT2D eigenvalue weighted by Crippen LogP contribution is 2.27. The molecule has 0 amide bonds. The Bertz CT molecular complexity index is 640. The second kappa shape index (κ2) is 6.24. The van der Waals surface area contributed by atoms with Crippen molar-refractivity contribution in [3.63, 3.8) is 0 Å². The fraction of sp³-hybridized carbons (Fsp3) is 0.538. The van der Waals surface area contributed by atoms with Crippen LogP contribution in [0.1, 0.15) is 23.6 Å². The predicted octanol–water partition coefficient (Wildman–Crippen LogP) is 1.24. The minimum absolute atomic E-state index is 0.217. The predicted molar refractivity (Wildman–Crippen MR) is 83.8 cm³/mol. The summed E-state index contributed by atoms with van der Waals surface area (Å²) < 4.78 is 38.6. The number of rotatable bonds is 5. The summed E-state index contributed by atoms with van der Waals surface area (Å²) in [6.45, 7) is 6.99. The van der Waals surface area contributed by atoms with Crippen molar-refractivity contribution in [3.05, 3.63) is 22.8 Å². The van der Waals surface area contributed by atoms with Gasteiger partial charge in [-0.1, -0.05) is 6.07 Å². The fourth-order valence-corrected chi connectivity index (χ4v) is 4.92. The Morgan fingerprint density at radius 3 is 2.35 bits per heavy atom. The molecule has 20 heavy (non-hydrogen) atoms. The number of sulfonamides is 1. The molecular weight excluding hydrogens is 296 g/mol. The molecule has 0 aliphatic carbocycles. The fourth-order valence-electron chi connectivity index (χ4n) is 2.31. The van der Waals surface area contributed by atoms with E-state index in [1.165, 1.54) is 0 Å². The van der Waals surface area contributed by atoms with Crippen LogP contribution in [0.2, 0.25) is 0 Å². The molecule has 0 aliphatic rings. The lowest BCUT2D eigenvalue weighted by Gasteiger charge is -2.18. The summed E-state index contributed by atoms with van der Waals surface area (Å²) >= 11 is 0. The van der Waals surface area contributed by atoms with Crippen molar-refractivity contribution in [1.82, 2.24) is 4.72 Å².